The smallest absolute Gasteiger partial charge is 0.278 e. The number of hydrogen-bond acceptors (Lipinski definition) is 4. The van der Waals surface area contributed by atoms with Gasteiger partial charge in [0.1, 0.15) is 5.70 Å². The van der Waals surface area contributed by atoms with E-state index in [0.29, 0.717) is 11.3 Å². The number of amides is 2. The van der Waals surface area contributed by atoms with E-state index in [1.165, 1.54) is 18.4 Å². The van der Waals surface area contributed by atoms with Crippen LogP contribution in [0.1, 0.15) is 55.2 Å². The zero-order chi connectivity index (χ0) is 23.5. The lowest BCUT2D eigenvalue weighted by atomic mass is 10.0. The van der Waals surface area contributed by atoms with Crippen LogP contribution in [-0.4, -0.2) is 58.7 Å². The van der Waals surface area contributed by atoms with Gasteiger partial charge in [0.25, 0.3) is 11.8 Å². The Balaban J connectivity index is 1.40. The number of carbonyl (C=O) groups is 2. The number of rotatable bonds is 5. The van der Waals surface area contributed by atoms with Crippen molar-refractivity contribution in [2.75, 3.05) is 26.2 Å². The van der Waals surface area contributed by atoms with Gasteiger partial charge in [-0.3, -0.25) is 19.4 Å². The summed E-state index contributed by atoms with van der Waals surface area (Å²) in [4.78, 5) is 33.8. The predicted molar refractivity (Wildman–Crippen MR) is 135 cm³/mol. The topological polar surface area (TPSA) is 43.9 Å². The highest BCUT2D eigenvalue weighted by Crippen LogP contribution is 2.36. The van der Waals surface area contributed by atoms with Gasteiger partial charge in [0.2, 0.25) is 0 Å². The molecule has 2 amide bonds. The van der Waals surface area contributed by atoms with Crippen LogP contribution in [0.5, 0.6) is 0 Å². The fourth-order valence-electron chi connectivity index (χ4n) is 5.63. The highest BCUT2D eigenvalue weighted by atomic mass is 16.2. The quantitative estimate of drug-likeness (QED) is 0.486. The van der Waals surface area contributed by atoms with E-state index in [9.17, 15) is 9.59 Å². The van der Waals surface area contributed by atoms with Crippen molar-refractivity contribution in [2.24, 2.45) is 0 Å². The second-order valence-corrected chi connectivity index (χ2v) is 9.96. The molecule has 0 bridgehead atoms. The van der Waals surface area contributed by atoms with Gasteiger partial charge in [-0.05, 0) is 30.9 Å². The highest BCUT2D eigenvalue weighted by Gasteiger charge is 2.45. The summed E-state index contributed by atoms with van der Waals surface area (Å²) in [5.41, 5.74) is 4.55. The van der Waals surface area contributed by atoms with Gasteiger partial charge < -0.3 is 4.90 Å². The second kappa shape index (κ2) is 10.1. The molecule has 5 rings (SSSR count). The molecule has 5 heteroatoms. The molecular weight excluding hydrogens is 422 g/mol. The molecule has 178 valence electrons. The van der Waals surface area contributed by atoms with Gasteiger partial charge >= 0.3 is 0 Å². The van der Waals surface area contributed by atoms with E-state index < -0.39 is 0 Å². The molecule has 1 saturated carbocycles. The fraction of sp³-hybridized carbons (Fsp3) is 0.448. The van der Waals surface area contributed by atoms with Gasteiger partial charge in [0.05, 0.1) is 5.57 Å². The van der Waals surface area contributed by atoms with Crippen LogP contribution in [0, 0.1) is 6.92 Å². The zero-order valence-corrected chi connectivity index (χ0v) is 20.2. The van der Waals surface area contributed by atoms with Crippen LogP contribution in [0.15, 0.2) is 60.3 Å². The van der Waals surface area contributed by atoms with Gasteiger partial charge in [-0.25, -0.2) is 0 Å². The van der Waals surface area contributed by atoms with Gasteiger partial charge in [-0.1, -0.05) is 85.8 Å². The molecule has 2 aromatic carbocycles. The SMILES string of the molecule is Cc1ccc(C2=C(N3CCN(Cc4ccccc4)CC3)C(=O)N(C3CCCCCC3)C2=O)cc1. The minimum Gasteiger partial charge on any atom is -0.364 e. The number of nitrogens with zero attached hydrogens (tertiary/aromatic N) is 3. The summed E-state index contributed by atoms with van der Waals surface area (Å²) in [5.74, 6) is -0.175. The number of hydrogen-bond donors (Lipinski definition) is 0. The standard InChI is InChI=1S/C29H35N3O2/c1-22-13-15-24(16-14-22)26-27(29(34)32(28(26)33)25-11-7-2-3-8-12-25)31-19-17-30(18-20-31)21-23-9-5-4-6-10-23/h4-6,9-10,13-16,25H,2-3,7-8,11-12,17-21H2,1H3. The average molecular weight is 458 g/mol. The maximum absolute atomic E-state index is 13.8. The lowest BCUT2D eigenvalue weighted by Gasteiger charge is -2.37. The Morgan fingerprint density at radius 1 is 0.765 bits per heavy atom. The molecule has 2 fully saturated rings. The van der Waals surface area contributed by atoms with Gasteiger partial charge in [0.15, 0.2) is 0 Å². The first-order chi connectivity index (χ1) is 16.6. The van der Waals surface area contributed by atoms with Crippen molar-refractivity contribution in [2.45, 2.75) is 58.0 Å². The predicted octanol–water partition coefficient (Wildman–Crippen LogP) is 4.62. The Kier molecular flexibility index (Phi) is 6.82. The van der Waals surface area contributed by atoms with Crippen LogP contribution in [0.2, 0.25) is 0 Å². The van der Waals surface area contributed by atoms with E-state index in [4.69, 9.17) is 0 Å². The lowest BCUT2D eigenvalue weighted by Crippen LogP contribution is -2.48. The molecule has 2 heterocycles. The zero-order valence-electron chi connectivity index (χ0n) is 20.2. The third-order valence-corrected chi connectivity index (χ3v) is 7.56. The minimum absolute atomic E-state index is 0.0276. The molecule has 0 radical (unpaired) electrons. The molecule has 1 saturated heterocycles. The third-order valence-electron chi connectivity index (χ3n) is 7.56. The van der Waals surface area contributed by atoms with Crippen LogP contribution < -0.4 is 0 Å². The van der Waals surface area contributed by atoms with Crippen molar-refractivity contribution in [3.8, 4) is 0 Å². The van der Waals surface area contributed by atoms with E-state index in [1.807, 2.05) is 37.3 Å². The summed E-state index contributed by atoms with van der Waals surface area (Å²) in [7, 11) is 0. The summed E-state index contributed by atoms with van der Waals surface area (Å²) >= 11 is 0. The molecule has 0 aromatic heterocycles. The molecule has 0 N–H and O–H groups in total. The van der Waals surface area contributed by atoms with Crippen LogP contribution in [0.4, 0.5) is 0 Å². The highest BCUT2D eigenvalue weighted by molar-refractivity contribution is 6.35. The Bertz CT molecular complexity index is 1040. The number of carbonyl (C=O) groups excluding carboxylic acids is 2. The van der Waals surface area contributed by atoms with E-state index in [-0.39, 0.29) is 17.9 Å². The normalized spacial score (nSPS) is 20.9. The number of benzene rings is 2. The largest absolute Gasteiger partial charge is 0.364 e. The Labute approximate surface area is 203 Å². The Morgan fingerprint density at radius 2 is 1.41 bits per heavy atom. The van der Waals surface area contributed by atoms with Crippen LogP contribution in [-0.2, 0) is 16.1 Å². The maximum Gasteiger partial charge on any atom is 0.278 e. The summed E-state index contributed by atoms with van der Waals surface area (Å²) in [5, 5.41) is 0. The molecule has 0 atom stereocenters. The molecule has 2 aliphatic heterocycles. The molecule has 2 aromatic rings. The molecule has 34 heavy (non-hydrogen) atoms. The maximum atomic E-state index is 13.8. The summed E-state index contributed by atoms with van der Waals surface area (Å²) in [6.07, 6.45) is 6.43. The fourth-order valence-corrected chi connectivity index (χ4v) is 5.63. The van der Waals surface area contributed by atoms with Gasteiger partial charge in [-0.2, -0.15) is 0 Å². The first-order valence-corrected chi connectivity index (χ1v) is 12.8. The molecule has 0 unspecified atom stereocenters. The molecule has 5 nitrogen and oxygen atoms in total. The van der Waals surface area contributed by atoms with Crippen LogP contribution in [0.25, 0.3) is 5.57 Å². The molecule has 3 aliphatic rings. The van der Waals surface area contributed by atoms with Crippen LogP contribution in [0.3, 0.4) is 0 Å². The Hall–Kier alpha value is -2.92. The van der Waals surface area contributed by atoms with Gasteiger partial charge in [-0.15, -0.1) is 0 Å². The first kappa shape index (κ1) is 22.9. The average Bonchev–Trinajstić information content (AvgIpc) is 3.01. The lowest BCUT2D eigenvalue weighted by molar-refractivity contribution is -0.140. The van der Waals surface area contributed by atoms with Crippen molar-refractivity contribution in [3.05, 3.63) is 77.0 Å². The van der Waals surface area contributed by atoms with E-state index in [2.05, 4.69) is 34.1 Å². The Morgan fingerprint density at radius 3 is 2.06 bits per heavy atom. The first-order valence-electron chi connectivity index (χ1n) is 12.8. The van der Waals surface area contributed by atoms with Crippen molar-refractivity contribution in [1.82, 2.24) is 14.7 Å². The minimum atomic E-state index is -0.0949. The molecule has 1 aliphatic carbocycles. The summed E-state index contributed by atoms with van der Waals surface area (Å²) in [6.45, 7) is 6.24. The van der Waals surface area contributed by atoms with Crippen molar-refractivity contribution in [1.29, 1.82) is 0 Å². The van der Waals surface area contributed by atoms with E-state index >= 15 is 0 Å². The van der Waals surface area contributed by atoms with Crippen molar-refractivity contribution in [3.63, 3.8) is 0 Å². The molecular formula is C29H35N3O2. The van der Waals surface area contributed by atoms with Crippen molar-refractivity contribution < 1.29 is 9.59 Å². The number of aryl methyl sites for hydroxylation is 1. The van der Waals surface area contributed by atoms with Crippen molar-refractivity contribution >= 4 is 17.4 Å². The summed E-state index contributed by atoms with van der Waals surface area (Å²) in [6, 6.07) is 18.6. The third kappa shape index (κ3) is 4.67. The van der Waals surface area contributed by atoms with Crippen LogP contribution >= 0.6 is 0 Å². The van der Waals surface area contributed by atoms with Gasteiger partial charge in [0, 0.05) is 38.8 Å². The van der Waals surface area contributed by atoms with E-state index in [0.717, 1.165) is 69.5 Å². The number of piperazine rings is 1. The monoisotopic (exact) mass is 457 g/mol. The van der Waals surface area contributed by atoms with E-state index in [1.54, 1.807) is 4.90 Å². The summed E-state index contributed by atoms with van der Waals surface area (Å²) < 4.78 is 0. The second-order valence-electron chi connectivity index (χ2n) is 9.96. The molecule has 0 spiro atoms. The number of imide groups is 1.